The average molecular weight is 268 g/mol. The van der Waals surface area contributed by atoms with Crippen LogP contribution in [0.25, 0.3) is 0 Å². The van der Waals surface area contributed by atoms with Crippen molar-refractivity contribution in [1.29, 1.82) is 0 Å². The van der Waals surface area contributed by atoms with Gasteiger partial charge in [-0.2, -0.15) is 0 Å². The molecule has 2 aliphatic heterocycles. The van der Waals surface area contributed by atoms with Crippen molar-refractivity contribution in [2.24, 2.45) is 0 Å². The van der Waals surface area contributed by atoms with Gasteiger partial charge in [0.2, 0.25) is 6.29 Å². The van der Waals surface area contributed by atoms with Gasteiger partial charge < -0.3 is 14.6 Å². The summed E-state index contributed by atoms with van der Waals surface area (Å²) in [6.45, 7) is 3.96. The topological polar surface area (TPSA) is 38.7 Å². The first-order valence-electron chi connectivity index (χ1n) is 6.82. The second-order valence-corrected chi connectivity index (χ2v) is 5.71. The minimum Gasteiger partial charge on any atom is -0.460 e. The third-order valence-corrected chi connectivity index (χ3v) is 4.32. The standard InChI is InChI=1S/C17H16O3/c1-10-7-8-14-13(9-10)17(2)15(18)11-5-3-4-6-12(11)16(19-14)20-17/h3-9,15-16,18H,1-2H3/t15-,16-,17+/m0/s1. The molecule has 2 aliphatic rings. The molecular weight excluding hydrogens is 252 g/mol. The third-order valence-electron chi connectivity index (χ3n) is 4.32. The largest absolute Gasteiger partial charge is 0.460 e. The Labute approximate surface area is 117 Å². The van der Waals surface area contributed by atoms with Gasteiger partial charge in [-0.1, -0.05) is 35.9 Å². The van der Waals surface area contributed by atoms with E-state index in [1.165, 1.54) is 0 Å². The molecule has 0 radical (unpaired) electrons. The van der Waals surface area contributed by atoms with E-state index in [1.54, 1.807) is 0 Å². The highest BCUT2D eigenvalue weighted by molar-refractivity contribution is 5.48. The van der Waals surface area contributed by atoms with Gasteiger partial charge >= 0.3 is 0 Å². The summed E-state index contributed by atoms with van der Waals surface area (Å²) in [6, 6.07) is 13.8. The summed E-state index contributed by atoms with van der Waals surface area (Å²) in [5.41, 5.74) is 3.07. The minimum atomic E-state index is -0.765. The fourth-order valence-electron chi connectivity index (χ4n) is 3.17. The zero-order chi connectivity index (χ0) is 13.9. The van der Waals surface area contributed by atoms with E-state index in [2.05, 4.69) is 0 Å². The molecule has 3 nitrogen and oxygen atoms in total. The van der Waals surface area contributed by atoms with E-state index in [-0.39, 0.29) is 0 Å². The van der Waals surface area contributed by atoms with Crippen LogP contribution in [-0.2, 0) is 10.3 Å². The normalized spacial score (nSPS) is 30.1. The Morgan fingerprint density at radius 1 is 1.10 bits per heavy atom. The lowest BCUT2D eigenvalue weighted by atomic mass is 9.79. The van der Waals surface area contributed by atoms with Crippen LogP contribution in [0.2, 0.25) is 0 Å². The van der Waals surface area contributed by atoms with Crippen LogP contribution in [0.4, 0.5) is 0 Å². The smallest absolute Gasteiger partial charge is 0.228 e. The van der Waals surface area contributed by atoms with Gasteiger partial charge in [0.1, 0.15) is 17.5 Å². The molecular formula is C17H16O3. The SMILES string of the molecule is Cc1ccc2c(c1)[C@@]1(C)O[C@H](O2)c2ccccc2[C@@H]1O. The van der Waals surface area contributed by atoms with Crippen LogP contribution in [0.1, 0.15) is 41.6 Å². The Morgan fingerprint density at radius 3 is 2.65 bits per heavy atom. The number of fused-ring (bicyclic) bond motifs is 6. The number of hydrogen-bond donors (Lipinski definition) is 1. The first-order chi connectivity index (χ1) is 9.59. The Hall–Kier alpha value is -1.84. The van der Waals surface area contributed by atoms with E-state index >= 15 is 0 Å². The van der Waals surface area contributed by atoms with Crippen LogP contribution in [0.15, 0.2) is 42.5 Å². The van der Waals surface area contributed by atoms with Crippen molar-refractivity contribution in [2.75, 3.05) is 0 Å². The van der Waals surface area contributed by atoms with E-state index in [0.717, 1.165) is 28.0 Å². The maximum absolute atomic E-state index is 10.8. The number of hydrogen-bond acceptors (Lipinski definition) is 3. The van der Waals surface area contributed by atoms with Gasteiger partial charge in [-0.05, 0) is 31.5 Å². The number of ether oxygens (including phenoxy) is 2. The monoisotopic (exact) mass is 268 g/mol. The predicted octanol–water partition coefficient (Wildman–Crippen LogP) is 3.37. The summed E-state index contributed by atoms with van der Waals surface area (Å²) in [5.74, 6) is 0.794. The summed E-state index contributed by atoms with van der Waals surface area (Å²) in [4.78, 5) is 0. The first kappa shape index (κ1) is 11.9. The lowest BCUT2D eigenvalue weighted by Gasteiger charge is -2.47. The summed E-state index contributed by atoms with van der Waals surface area (Å²) < 4.78 is 12.0. The van der Waals surface area contributed by atoms with E-state index < -0.39 is 18.0 Å². The van der Waals surface area contributed by atoms with Crippen molar-refractivity contribution in [2.45, 2.75) is 31.8 Å². The van der Waals surface area contributed by atoms with Crippen molar-refractivity contribution in [1.82, 2.24) is 0 Å². The second kappa shape index (κ2) is 3.84. The van der Waals surface area contributed by atoms with Crippen LogP contribution in [0.5, 0.6) is 5.75 Å². The summed E-state index contributed by atoms with van der Waals surface area (Å²) in [7, 11) is 0. The highest BCUT2D eigenvalue weighted by Gasteiger charge is 2.50. The molecule has 0 spiro atoms. The van der Waals surface area contributed by atoms with Gasteiger partial charge in [0.25, 0.3) is 0 Å². The Bertz CT molecular complexity index is 694. The molecule has 0 fully saturated rings. The number of rotatable bonds is 0. The van der Waals surface area contributed by atoms with E-state index in [1.807, 2.05) is 56.3 Å². The molecule has 2 aromatic carbocycles. The molecule has 0 aliphatic carbocycles. The lowest BCUT2D eigenvalue weighted by molar-refractivity contribution is -0.245. The molecule has 4 rings (SSSR count). The lowest BCUT2D eigenvalue weighted by Crippen LogP contribution is -2.44. The van der Waals surface area contributed by atoms with Crippen LogP contribution in [0, 0.1) is 6.92 Å². The molecule has 0 aromatic heterocycles. The maximum atomic E-state index is 10.8. The van der Waals surface area contributed by atoms with E-state index in [9.17, 15) is 5.11 Å². The fraction of sp³-hybridized carbons (Fsp3) is 0.294. The van der Waals surface area contributed by atoms with Crippen molar-refractivity contribution in [3.8, 4) is 5.75 Å². The number of aryl methyl sites for hydroxylation is 1. The number of benzene rings is 2. The van der Waals surface area contributed by atoms with Gasteiger partial charge in [0, 0.05) is 11.1 Å². The zero-order valence-corrected chi connectivity index (χ0v) is 11.5. The minimum absolute atomic E-state index is 0.449. The molecule has 2 bridgehead atoms. The summed E-state index contributed by atoms with van der Waals surface area (Å²) in [6.07, 6.45) is -1.14. The highest BCUT2D eigenvalue weighted by atomic mass is 16.7. The van der Waals surface area contributed by atoms with Crippen LogP contribution in [0.3, 0.4) is 0 Å². The van der Waals surface area contributed by atoms with Crippen molar-refractivity contribution >= 4 is 0 Å². The van der Waals surface area contributed by atoms with Crippen LogP contribution in [-0.4, -0.2) is 5.11 Å². The molecule has 2 aromatic rings. The number of aliphatic hydroxyl groups is 1. The fourth-order valence-corrected chi connectivity index (χ4v) is 3.17. The predicted molar refractivity (Wildman–Crippen MR) is 74.4 cm³/mol. The van der Waals surface area contributed by atoms with Gasteiger partial charge in [0.05, 0.1) is 0 Å². The van der Waals surface area contributed by atoms with Crippen LogP contribution < -0.4 is 4.74 Å². The Balaban J connectivity index is 1.97. The van der Waals surface area contributed by atoms with Crippen molar-refractivity contribution in [3.63, 3.8) is 0 Å². The summed E-state index contributed by atoms with van der Waals surface area (Å²) >= 11 is 0. The molecule has 0 amide bonds. The molecule has 2 heterocycles. The number of aliphatic hydroxyl groups excluding tert-OH is 1. The van der Waals surface area contributed by atoms with Crippen molar-refractivity contribution < 1.29 is 14.6 Å². The Morgan fingerprint density at radius 2 is 1.85 bits per heavy atom. The molecule has 3 heteroatoms. The first-order valence-corrected chi connectivity index (χ1v) is 6.82. The van der Waals surface area contributed by atoms with Crippen LogP contribution >= 0.6 is 0 Å². The quantitative estimate of drug-likeness (QED) is 0.796. The molecule has 0 unspecified atom stereocenters. The van der Waals surface area contributed by atoms with Gasteiger partial charge in [-0.25, -0.2) is 0 Å². The molecule has 0 saturated heterocycles. The van der Waals surface area contributed by atoms with Gasteiger partial charge in [0.15, 0.2) is 0 Å². The molecule has 3 atom stereocenters. The zero-order valence-electron chi connectivity index (χ0n) is 11.5. The maximum Gasteiger partial charge on any atom is 0.228 e. The van der Waals surface area contributed by atoms with Gasteiger partial charge in [-0.3, -0.25) is 0 Å². The molecule has 0 saturated carbocycles. The average Bonchev–Trinajstić information content (AvgIpc) is 2.46. The highest BCUT2D eigenvalue weighted by Crippen LogP contribution is 2.54. The molecule has 1 N–H and O–H groups in total. The van der Waals surface area contributed by atoms with E-state index in [4.69, 9.17) is 9.47 Å². The van der Waals surface area contributed by atoms with Crippen molar-refractivity contribution in [3.05, 3.63) is 64.7 Å². The molecule has 20 heavy (non-hydrogen) atoms. The van der Waals surface area contributed by atoms with E-state index in [0.29, 0.717) is 0 Å². The molecule has 102 valence electrons. The van der Waals surface area contributed by atoms with Gasteiger partial charge in [-0.15, -0.1) is 0 Å². The Kier molecular flexibility index (Phi) is 2.29. The summed E-state index contributed by atoms with van der Waals surface area (Å²) in [5, 5.41) is 10.8. The third kappa shape index (κ3) is 1.42. The second-order valence-electron chi connectivity index (χ2n) is 5.71.